The molecule has 5 heteroatoms. The Morgan fingerprint density at radius 3 is 2.44 bits per heavy atom. The maximum Gasteiger partial charge on any atom is 0.123 e. The number of hydrogen-bond acceptors (Lipinski definition) is 3. The van der Waals surface area contributed by atoms with Crippen LogP contribution in [0.4, 0.5) is 4.39 Å². The molecular formula is C22H25FN4. The smallest absolute Gasteiger partial charge is 0.123 e. The zero-order valence-corrected chi connectivity index (χ0v) is 15.6. The minimum atomic E-state index is -0.229. The lowest BCUT2D eigenvalue weighted by molar-refractivity contribution is 0.234. The lowest BCUT2D eigenvalue weighted by Crippen LogP contribution is -2.40. The number of halogens is 1. The molecule has 140 valence electrons. The van der Waals surface area contributed by atoms with Crippen LogP contribution < -0.4 is 5.32 Å². The normalized spacial score (nSPS) is 15.9. The molecule has 2 heterocycles. The first-order valence-electron chi connectivity index (χ1n) is 9.51. The molecule has 1 fully saturated rings. The fraction of sp³-hybridized carbons (Fsp3) is 0.318. The molecule has 4 rings (SSSR count). The third-order valence-electron chi connectivity index (χ3n) is 5.23. The Morgan fingerprint density at radius 2 is 1.74 bits per heavy atom. The van der Waals surface area contributed by atoms with Crippen molar-refractivity contribution in [3.05, 3.63) is 72.2 Å². The third kappa shape index (κ3) is 4.26. The second-order valence-corrected chi connectivity index (χ2v) is 7.25. The first-order valence-corrected chi connectivity index (χ1v) is 9.51. The molecule has 0 atom stereocenters. The standard InChI is InChI=1S/C22H25FN4/c1-26-13-11-20(12-14-26)24-15-18-16-27(21-5-3-2-4-6-21)25-22(18)17-7-9-19(23)10-8-17/h2-10,16,20,24H,11-15H2,1H3. The van der Waals surface area contributed by atoms with E-state index in [1.54, 1.807) is 12.1 Å². The molecule has 1 aliphatic heterocycles. The van der Waals surface area contributed by atoms with Crippen LogP contribution in [0.15, 0.2) is 60.8 Å². The van der Waals surface area contributed by atoms with Crippen LogP contribution in [0.2, 0.25) is 0 Å². The minimum Gasteiger partial charge on any atom is -0.310 e. The van der Waals surface area contributed by atoms with Gasteiger partial charge in [-0.3, -0.25) is 0 Å². The van der Waals surface area contributed by atoms with Gasteiger partial charge in [0.15, 0.2) is 0 Å². The molecule has 0 aliphatic carbocycles. The summed E-state index contributed by atoms with van der Waals surface area (Å²) in [6.45, 7) is 3.02. The average Bonchev–Trinajstić information content (AvgIpc) is 3.13. The van der Waals surface area contributed by atoms with E-state index in [9.17, 15) is 4.39 Å². The molecule has 1 aliphatic rings. The summed E-state index contributed by atoms with van der Waals surface area (Å²) in [6.07, 6.45) is 4.40. The summed E-state index contributed by atoms with van der Waals surface area (Å²) < 4.78 is 15.3. The van der Waals surface area contributed by atoms with Crippen LogP contribution in [0.3, 0.4) is 0 Å². The predicted molar refractivity (Wildman–Crippen MR) is 106 cm³/mol. The van der Waals surface area contributed by atoms with Gasteiger partial charge in [-0.2, -0.15) is 5.10 Å². The van der Waals surface area contributed by atoms with E-state index >= 15 is 0 Å². The van der Waals surface area contributed by atoms with Crippen molar-refractivity contribution in [1.82, 2.24) is 20.0 Å². The molecule has 1 N–H and O–H groups in total. The molecule has 0 radical (unpaired) electrons. The van der Waals surface area contributed by atoms with Gasteiger partial charge in [0.05, 0.1) is 11.4 Å². The van der Waals surface area contributed by atoms with E-state index in [0.717, 1.165) is 55.0 Å². The maximum absolute atomic E-state index is 13.4. The van der Waals surface area contributed by atoms with Crippen LogP contribution in [0.1, 0.15) is 18.4 Å². The highest BCUT2D eigenvalue weighted by Gasteiger charge is 2.18. The Labute approximate surface area is 159 Å². The first kappa shape index (κ1) is 17.9. The van der Waals surface area contributed by atoms with E-state index in [1.807, 2.05) is 35.0 Å². The van der Waals surface area contributed by atoms with E-state index in [0.29, 0.717) is 6.04 Å². The topological polar surface area (TPSA) is 33.1 Å². The summed E-state index contributed by atoms with van der Waals surface area (Å²) >= 11 is 0. The summed E-state index contributed by atoms with van der Waals surface area (Å²) in [6, 6.07) is 17.2. The Balaban J connectivity index is 1.60. The summed E-state index contributed by atoms with van der Waals surface area (Å²) in [7, 11) is 2.17. The second kappa shape index (κ2) is 8.03. The Bertz CT molecular complexity index is 865. The largest absolute Gasteiger partial charge is 0.310 e. The van der Waals surface area contributed by atoms with E-state index in [4.69, 9.17) is 5.10 Å². The Kier molecular flexibility index (Phi) is 5.32. The summed E-state index contributed by atoms with van der Waals surface area (Å²) in [5.74, 6) is -0.229. The van der Waals surface area contributed by atoms with Crippen molar-refractivity contribution in [2.75, 3.05) is 20.1 Å². The van der Waals surface area contributed by atoms with Gasteiger partial charge in [0.2, 0.25) is 0 Å². The highest BCUT2D eigenvalue weighted by Crippen LogP contribution is 2.24. The molecule has 4 nitrogen and oxygen atoms in total. The van der Waals surface area contributed by atoms with Gasteiger partial charge in [-0.15, -0.1) is 0 Å². The van der Waals surface area contributed by atoms with Crippen molar-refractivity contribution >= 4 is 0 Å². The van der Waals surface area contributed by atoms with E-state index in [2.05, 4.69) is 23.5 Å². The SMILES string of the molecule is CN1CCC(NCc2cn(-c3ccccc3)nc2-c2ccc(F)cc2)CC1. The monoisotopic (exact) mass is 364 g/mol. The molecule has 0 unspecified atom stereocenters. The average molecular weight is 364 g/mol. The maximum atomic E-state index is 13.4. The van der Waals surface area contributed by atoms with Crippen LogP contribution in [0.5, 0.6) is 0 Å². The van der Waals surface area contributed by atoms with Gasteiger partial charge in [0.1, 0.15) is 5.82 Å². The number of rotatable bonds is 5. The van der Waals surface area contributed by atoms with Crippen LogP contribution in [0, 0.1) is 5.82 Å². The van der Waals surface area contributed by atoms with Crippen LogP contribution >= 0.6 is 0 Å². The molecule has 27 heavy (non-hydrogen) atoms. The molecule has 0 amide bonds. The fourth-order valence-electron chi connectivity index (χ4n) is 3.57. The van der Waals surface area contributed by atoms with Crippen LogP contribution in [-0.4, -0.2) is 40.9 Å². The van der Waals surface area contributed by atoms with Crippen LogP contribution in [0.25, 0.3) is 16.9 Å². The van der Waals surface area contributed by atoms with Gasteiger partial charge >= 0.3 is 0 Å². The van der Waals surface area contributed by atoms with Crippen molar-refractivity contribution in [1.29, 1.82) is 0 Å². The van der Waals surface area contributed by atoms with E-state index in [-0.39, 0.29) is 5.82 Å². The molecule has 1 aromatic heterocycles. The lowest BCUT2D eigenvalue weighted by Gasteiger charge is -2.29. The third-order valence-corrected chi connectivity index (χ3v) is 5.23. The Morgan fingerprint density at radius 1 is 1.04 bits per heavy atom. The summed E-state index contributed by atoms with van der Waals surface area (Å²) in [4.78, 5) is 2.37. The highest BCUT2D eigenvalue weighted by molar-refractivity contribution is 5.63. The van der Waals surface area contributed by atoms with Crippen molar-refractivity contribution in [3.8, 4) is 16.9 Å². The number of piperidine rings is 1. The molecule has 0 spiro atoms. The minimum absolute atomic E-state index is 0.229. The van der Waals surface area contributed by atoms with Gasteiger partial charge < -0.3 is 10.2 Å². The molecule has 0 bridgehead atoms. The summed E-state index contributed by atoms with van der Waals surface area (Å²) in [5, 5.41) is 8.49. The second-order valence-electron chi connectivity index (χ2n) is 7.25. The van der Waals surface area contributed by atoms with Gasteiger partial charge in [0.25, 0.3) is 0 Å². The zero-order chi connectivity index (χ0) is 18.6. The molecule has 1 saturated heterocycles. The number of likely N-dealkylation sites (tertiary alicyclic amines) is 1. The van der Waals surface area contributed by atoms with Gasteiger partial charge in [-0.25, -0.2) is 9.07 Å². The van der Waals surface area contributed by atoms with Gasteiger partial charge in [-0.1, -0.05) is 18.2 Å². The molecule has 0 saturated carbocycles. The lowest BCUT2D eigenvalue weighted by atomic mass is 10.0. The van der Waals surface area contributed by atoms with Crippen molar-refractivity contribution in [2.24, 2.45) is 0 Å². The number of nitrogens with zero attached hydrogens (tertiary/aromatic N) is 3. The number of benzene rings is 2. The van der Waals surface area contributed by atoms with Gasteiger partial charge in [0, 0.05) is 29.9 Å². The zero-order valence-electron chi connectivity index (χ0n) is 15.6. The molecule has 2 aromatic carbocycles. The first-order chi connectivity index (χ1) is 13.2. The van der Waals surface area contributed by atoms with Crippen LogP contribution in [-0.2, 0) is 6.54 Å². The van der Waals surface area contributed by atoms with Crippen molar-refractivity contribution in [2.45, 2.75) is 25.4 Å². The number of aromatic nitrogens is 2. The molecule has 3 aromatic rings. The van der Waals surface area contributed by atoms with Gasteiger partial charge in [-0.05, 0) is 69.4 Å². The predicted octanol–water partition coefficient (Wildman–Crippen LogP) is 3.86. The quantitative estimate of drug-likeness (QED) is 0.746. The highest BCUT2D eigenvalue weighted by atomic mass is 19.1. The van der Waals surface area contributed by atoms with E-state index in [1.165, 1.54) is 12.1 Å². The van der Waals surface area contributed by atoms with E-state index < -0.39 is 0 Å². The van der Waals surface area contributed by atoms with Crippen molar-refractivity contribution < 1.29 is 4.39 Å². The number of hydrogen-bond donors (Lipinski definition) is 1. The number of nitrogens with one attached hydrogen (secondary N) is 1. The number of para-hydroxylation sites is 1. The summed E-state index contributed by atoms with van der Waals surface area (Å²) in [5.41, 5.74) is 3.99. The fourth-order valence-corrected chi connectivity index (χ4v) is 3.57. The Hall–Kier alpha value is -2.50. The molecular weight excluding hydrogens is 339 g/mol. The van der Waals surface area contributed by atoms with Crippen molar-refractivity contribution in [3.63, 3.8) is 0 Å².